The summed E-state index contributed by atoms with van der Waals surface area (Å²) in [6.07, 6.45) is 4.07. The molecular weight excluding hydrogens is 578 g/mol. The van der Waals surface area contributed by atoms with Gasteiger partial charge < -0.3 is 29.6 Å². The Morgan fingerprint density at radius 3 is 2.45 bits per heavy atom. The number of thioether (sulfide) groups is 1. The standard InChI is InChI=1S/C34H37N3O6S/c1-37-18-17-35-34(37)44-22-28-19-30(25-11-9-23(21-38)10-12-25)43-33(42-28)26-15-13-24(14-16-26)29-6-3-2-5-27(29)20-36-31(39)7-4-8-32(40)41/h2-3,5-6,9-18,28,30,33,38H,4,7-8,19-22H2,1H3,(H,36,39)(H,40,41)/t28-,30+,33+/m0/s1. The lowest BCUT2D eigenvalue weighted by Gasteiger charge is -2.36. The van der Waals surface area contributed by atoms with Crippen LogP contribution in [0.2, 0.25) is 0 Å². The average Bonchev–Trinajstić information content (AvgIpc) is 3.47. The number of benzene rings is 3. The molecule has 1 aliphatic heterocycles. The van der Waals surface area contributed by atoms with Gasteiger partial charge >= 0.3 is 5.97 Å². The molecule has 5 rings (SSSR count). The molecule has 0 bridgehead atoms. The summed E-state index contributed by atoms with van der Waals surface area (Å²) in [7, 11) is 1.98. The van der Waals surface area contributed by atoms with Crippen LogP contribution in [0.15, 0.2) is 90.3 Å². The number of aliphatic hydroxyl groups is 1. The summed E-state index contributed by atoms with van der Waals surface area (Å²) >= 11 is 1.66. The minimum atomic E-state index is -0.901. The highest BCUT2D eigenvalue weighted by atomic mass is 32.2. The summed E-state index contributed by atoms with van der Waals surface area (Å²) in [6.45, 7) is 0.347. The first-order valence-electron chi connectivity index (χ1n) is 14.7. The number of amides is 1. The number of rotatable bonds is 13. The molecule has 1 aromatic heterocycles. The smallest absolute Gasteiger partial charge is 0.303 e. The van der Waals surface area contributed by atoms with Gasteiger partial charge in [-0.15, -0.1) is 0 Å². The van der Waals surface area contributed by atoms with E-state index in [0.29, 0.717) is 19.4 Å². The van der Waals surface area contributed by atoms with Gasteiger partial charge in [-0.25, -0.2) is 4.98 Å². The minimum Gasteiger partial charge on any atom is -0.481 e. The average molecular weight is 616 g/mol. The third kappa shape index (κ3) is 8.35. The molecule has 10 heteroatoms. The zero-order valence-electron chi connectivity index (χ0n) is 24.6. The molecule has 0 aliphatic carbocycles. The van der Waals surface area contributed by atoms with E-state index in [4.69, 9.17) is 14.6 Å². The van der Waals surface area contributed by atoms with Crippen molar-refractivity contribution < 1.29 is 29.3 Å². The summed E-state index contributed by atoms with van der Waals surface area (Å²) in [5.74, 6) is -0.343. The number of hydrogen-bond donors (Lipinski definition) is 3. The van der Waals surface area contributed by atoms with Gasteiger partial charge in [0.15, 0.2) is 11.4 Å². The lowest BCUT2D eigenvalue weighted by molar-refractivity contribution is -0.245. The van der Waals surface area contributed by atoms with Gasteiger partial charge in [0.1, 0.15) is 0 Å². The summed E-state index contributed by atoms with van der Waals surface area (Å²) in [6, 6.07) is 23.9. The Morgan fingerprint density at radius 1 is 1.00 bits per heavy atom. The highest BCUT2D eigenvalue weighted by molar-refractivity contribution is 7.99. The summed E-state index contributed by atoms with van der Waals surface area (Å²) < 4.78 is 15.0. The maximum Gasteiger partial charge on any atom is 0.303 e. The molecule has 1 amide bonds. The zero-order chi connectivity index (χ0) is 30.9. The van der Waals surface area contributed by atoms with E-state index in [1.807, 2.05) is 90.6 Å². The molecule has 0 unspecified atom stereocenters. The van der Waals surface area contributed by atoms with Gasteiger partial charge in [-0.3, -0.25) is 9.59 Å². The molecule has 44 heavy (non-hydrogen) atoms. The third-order valence-corrected chi connectivity index (χ3v) is 8.76. The number of aromatic nitrogens is 2. The zero-order valence-corrected chi connectivity index (χ0v) is 25.4. The van der Waals surface area contributed by atoms with E-state index < -0.39 is 12.3 Å². The molecule has 9 nitrogen and oxygen atoms in total. The van der Waals surface area contributed by atoms with E-state index in [1.54, 1.807) is 18.0 Å². The van der Waals surface area contributed by atoms with Crippen molar-refractivity contribution >= 4 is 23.6 Å². The van der Waals surface area contributed by atoms with E-state index in [1.165, 1.54) is 0 Å². The summed E-state index contributed by atoms with van der Waals surface area (Å²) in [4.78, 5) is 27.4. The minimum absolute atomic E-state index is 0.00485. The molecule has 3 aromatic carbocycles. The van der Waals surface area contributed by atoms with E-state index in [2.05, 4.69) is 10.3 Å². The molecule has 1 aliphatic rings. The van der Waals surface area contributed by atoms with Gasteiger partial charge in [-0.1, -0.05) is 84.6 Å². The monoisotopic (exact) mass is 615 g/mol. The van der Waals surface area contributed by atoms with Gasteiger partial charge in [0.25, 0.3) is 0 Å². The molecule has 0 spiro atoms. The normalized spacial score (nSPS) is 18.2. The van der Waals surface area contributed by atoms with E-state index in [-0.39, 0.29) is 37.6 Å². The largest absolute Gasteiger partial charge is 0.481 e. The number of carboxylic acid groups (broad SMARTS) is 1. The molecule has 0 saturated carbocycles. The number of carbonyl (C=O) groups excluding carboxylic acids is 1. The number of carboxylic acids is 1. The molecule has 2 heterocycles. The van der Waals surface area contributed by atoms with Crippen LogP contribution < -0.4 is 5.32 Å². The predicted molar refractivity (Wildman–Crippen MR) is 168 cm³/mol. The molecule has 3 N–H and O–H groups in total. The van der Waals surface area contributed by atoms with Gasteiger partial charge in [0.2, 0.25) is 5.91 Å². The molecule has 1 saturated heterocycles. The second-order valence-electron chi connectivity index (χ2n) is 10.8. The highest BCUT2D eigenvalue weighted by Crippen LogP contribution is 2.40. The molecule has 4 aromatic rings. The van der Waals surface area contributed by atoms with Crippen molar-refractivity contribution in [2.45, 2.75) is 62.5 Å². The molecular formula is C34H37N3O6S. The van der Waals surface area contributed by atoms with E-state index in [9.17, 15) is 14.7 Å². The fourth-order valence-electron chi connectivity index (χ4n) is 5.14. The van der Waals surface area contributed by atoms with Gasteiger partial charge in [-0.05, 0) is 34.2 Å². The first-order chi connectivity index (χ1) is 21.4. The molecule has 230 valence electrons. The number of aliphatic hydroxyl groups excluding tert-OH is 1. The van der Waals surface area contributed by atoms with Crippen LogP contribution in [0.5, 0.6) is 0 Å². The lowest BCUT2D eigenvalue weighted by Crippen LogP contribution is -2.31. The van der Waals surface area contributed by atoms with Crippen LogP contribution >= 0.6 is 11.8 Å². The second kappa shape index (κ2) is 15.2. The van der Waals surface area contributed by atoms with Crippen molar-refractivity contribution in [1.29, 1.82) is 0 Å². The summed E-state index contributed by atoms with van der Waals surface area (Å²) in [5.41, 5.74) is 5.77. The van der Waals surface area contributed by atoms with Crippen LogP contribution in [0, 0.1) is 0 Å². The third-order valence-electron chi connectivity index (χ3n) is 7.57. The maximum absolute atomic E-state index is 12.2. The number of carbonyl (C=O) groups is 2. The number of ether oxygens (including phenoxy) is 2. The Labute approximate surface area is 261 Å². The Morgan fingerprint density at radius 2 is 1.75 bits per heavy atom. The Balaban J connectivity index is 1.29. The van der Waals surface area contributed by atoms with Gasteiger partial charge in [-0.2, -0.15) is 0 Å². The number of nitrogens with one attached hydrogen (secondary N) is 1. The van der Waals surface area contributed by atoms with Crippen molar-refractivity contribution in [3.63, 3.8) is 0 Å². The second-order valence-corrected chi connectivity index (χ2v) is 11.8. The Bertz CT molecular complexity index is 1540. The summed E-state index contributed by atoms with van der Waals surface area (Å²) in [5, 5.41) is 22.1. The van der Waals surface area contributed by atoms with Crippen molar-refractivity contribution in [3.8, 4) is 11.1 Å². The number of hydrogen-bond acceptors (Lipinski definition) is 7. The first kappa shape index (κ1) is 31.5. The topological polar surface area (TPSA) is 123 Å². The highest BCUT2D eigenvalue weighted by Gasteiger charge is 2.32. The molecule has 3 atom stereocenters. The quantitative estimate of drug-likeness (QED) is 0.162. The Kier molecular flexibility index (Phi) is 10.8. The lowest BCUT2D eigenvalue weighted by atomic mass is 9.97. The molecule has 0 radical (unpaired) electrons. The number of nitrogens with zero attached hydrogens (tertiary/aromatic N) is 2. The predicted octanol–water partition coefficient (Wildman–Crippen LogP) is 5.79. The van der Waals surface area contributed by atoms with Crippen LogP contribution in [0.4, 0.5) is 0 Å². The van der Waals surface area contributed by atoms with E-state index in [0.717, 1.165) is 44.3 Å². The van der Waals surface area contributed by atoms with Crippen molar-refractivity contribution in [1.82, 2.24) is 14.9 Å². The maximum atomic E-state index is 12.2. The SMILES string of the molecule is Cn1ccnc1SC[C@@H]1C[C@H](c2ccc(CO)cc2)O[C@H](c2ccc(-c3ccccc3CNC(=O)CCCC(=O)O)cc2)O1. The van der Waals surface area contributed by atoms with Crippen LogP contribution in [0.25, 0.3) is 11.1 Å². The van der Waals surface area contributed by atoms with Crippen LogP contribution in [0.3, 0.4) is 0 Å². The fourth-order valence-corrected chi connectivity index (χ4v) is 6.09. The number of imidazole rings is 1. The van der Waals surface area contributed by atoms with Crippen molar-refractivity contribution in [2.24, 2.45) is 7.05 Å². The number of aryl methyl sites for hydroxylation is 1. The fraction of sp³-hybridized carbons (Fsp3) is 0.324. The molecule has 1 fully saturated rings. The van der Waals surface area contributed by atoms with E-state index >= 15 is 0 Å². The Hall–Kier alpha value is -3.96. The van der Waals surface area contributed by atoms with Crippen LogP contribution in [-0.4, -0.2) is 43.5 Å². The van der Waals surface area contributed by atoms with Gasteiger partial charge in [0.05, 0.1) is 18.8 Å². The van der Waals surface area contributed by atoms with Crippen LogP contribution in [-0.2, 0) is 39.3 Å². The van der Waals surface area contributed by atoms with Gasteiger partial charge in [0, 0.05) is 56.6 Å². The van der Waals surface area contributed by atoms with Crippen molar-refractivity contribution in [3.05, 3.63) is 107 Å². The van der Waals surface area contributed by atoms with Crippen LogP contribution in [0.1, 0.15) is 60.3 Å². The first-order valence-corrected chi connectivity index (χ1v) is 15.7. The number of aliphatic carboxylic acids is 1. The van der Waals surface area contributed by atoms with Crippen molar-refractivity contribution in [2.75, 3.05) is 5.75 Å².